The van der Waals surface area contributed by atoms with Crippen molar-refractivity contribution in [1.82, 2.24) is 9.80 Å². The molecule has 0 spiro atoms. The highest BCUT2D eigenvalue weighted by Gasteiger charge is 2.26. The van der Waals surface area contributed by atoms with Crippen LogP contribution < -0.4 is 5.73 Å². The summed E-state index contributed by atoms with van der Waals surface area (Å²) in [7, 11) is 0. The lowest BCUT2D eigenvalue weighted by Gasteiger charge is -2.37. The largest absolute Gasteiger partial charge is 0.339 e. The van der Waals surface area contributed by atoms with Crippen LogP contribution in [0.3, 0.4) is 0 Å². The predicted octanol–water partition coefficient (Wildman–Crippen LogP) is 1.94. The van der Waals surface area contributed by atoms with Gasteiger partial charge in [-0.05, 0) is 30.7 Å². The van der Waals surface area contributed by atoms with E-state index in [1.54, 1.807) is 0 Å². The molecule has 2 N–H and O–H groups in total. The average Bonchev–Trinajstić information content (AvgIpc) is 2.34. The zero-order valence-corrected chi connectivity index (χ0v) is 14.0. The highest BCUT2D eigenvalue weighted by molar-refractivity contribution is 5.81. The first-order valence-corrected chi connectivity index (χ1v) is 7.96. The van der Waals surface area contributed by atoms with Gasteiger partial charge in [0.05, 0.1) is 6.04 Å². The Morgan fingerprint density at radius 3 is 2.15 bits per heavy atom. The maximum atomic E-state index is 12.2. The summed E-state index contributed by atoms with van der Waals surface area (Å²) in [5, 5.41) is 0. The van der Waals surface area contributed by atoms with Gasteiger partial charge < -0.3 is 10.6 Å². The summed E-state index contributed by atoms with van der Waals surface area (Å²) >= 11 is 0. The average molecular weight is 283 g/mol. The van der Waals surface area contributed by atoms with Crippen LogP contribution in [-0.2, 0) is 4.79 Å². The Hall–Kier alpha value is -0.610. The Bertz CT molecular complexity index is 301. The number of piperazine rings is 1. The summed E-state index contributed by atoms with van der Waals surface area (Å²) in [5.74, 6) is 0.608. The van der Waals surface area contributed by atoms with Gasteiger partial charge in [0.1, 0.15) is 0 Å². The van der Waals surface area contributed by atoms with Gasteiger partial charge in [0, 0.05) is 26.2 Å². The molecule has 1 amide bonds. The zero-order valence-electron chi connectivity index (χ0n) is 14.0. The van der Waals surface area contributed by atoms with Crippen molar-refractivity contribution in [2.24, 2.45) is 17.1 Å². The van der Waals surface area contributed by atoms with Gasteiger partial charge in [0.2, 0.25) is 5.91 Å². The van der Waals surface area contributed by atoms with Crippen LogP contribution in [0.25, 0.3) is 0 Å². The van der Waals surface area contributed by atoms with Crippen LogP contribution in [0.2, 0.25) is 0 Å². The summed E-state index contributed by atoms with van der Waals surface area (Å²) in [6, 6.07) is -0.323. The lowest BCUT2D eigenvalue weighted by atomic mass is 9.92. The fraction of sp³-hybridized carbons (Fsp3) is 0.938. The molecule has 20 heavy (non-hydrogen) atoms. The molecule has 118 valence electrons. The van der Waals surface area contributed by atoms with Crippen LogP contribution in [0.15, 0.2) is 0 Å². The number of nitrogens with two attached hydrogens (primary N) is 1. The van der Waals surface area contributed by atoms with Gasteiger partial charge in [-0.25, -0.2) is 0 Å². The van der Waals surface area contributed by atoms with E-state index in [1.165, 1.54) is 6.42 Å². The van der Waals surface area contributed by atoms with E-state index in [-0.39, 0.29) is 11.9 Å². The minimum absolute atomic E-state index is 0.133. The van der Waals surface area contributed by atoms with Crippen molar-refractivity contribution < 1.29 is 4.79 Å². The van der Waals surface area contributed by atoms with Crippen molar-refractivity contribution in [1.29, 1.82) is 0 Å². The molecule has 0 unspecified atom stereocenters. The van der Waals surface area contributed by atoms with Gasteiger partial charge in [0.15, 0.2) is 0 Å². The topological polar surface area (TPSA) is 49.6 Å². The third-order valence-corrected chi connectivity index (χ3v) is 3.90. The van der Waals surface area contributed by atoms with Crippen molar-refractivity contribution >= 4 is 5.91 Å². The Balaban J connectivity index is 2.33. The third-order valence-electron chi connectivity index (χ3n) is 3.90. The Morgan fingerprint density at radius 2 is 1.70 bits per heavy atom. The monoisotopic (exact) mass is 283 g/mol. The van der Waals surface area contributed by atoms with Crippen LogP contribution >= 0.6 is 0 Å². The molecule has 0 aliphatic carbocycles. The SMILES string of the molecule is CC(C)C[C@H](N)C(=O)N1CCN(CCC(C)(C)C)CC1. The van der Waals surface area contributed by atoms with E-state index in [1.807, 2.05) is 4.90 Å². The van der Waals surface area contributed by atoms with Crippen molar-refractivity contribution in [2.45, 2.75) is 53.5 Å². The minimum atomic E-state index is -0.323. The van der Waals surface area contributed by atoms with E-state index in [0.29, 0.717) is 11.3 Å². The van der Waals surface area contributed by atoms with Gasteiger partial charge in [-0.3, -0.25) is 9.69 Å². The molecule has 0 bridgehead atoms. The molecular formula is C16H33N3O. The smallest absolute Gasteiger partial charge is 0.239 e. The summed E-state index contributed by atoms with van der Waals surface area (Å²) in [6.45, 7) is 15.8. The second-order valence-corrected chi connectivity index (χ2v) is 7.71. The van der Waals surface area contributed by atoms with Gasteiger partial charge in [-0.15, -0.1) is 0 Å². The molecule has 0 radical (unpaired) electrons. The predicted molar refractivity (Wildman–Crippen MR) is 84.5 cm³/mol. The first-order chi connectivity index (χ1) is 9.19. The number of amides is 1. The number of nitrogens with zero attached hydrogens (tertiary/aromatic N) is 2. The number of carbonyl (C=O) groups is 1. The number of rotatable bonds is 5. The normalized spacial score (nSPS) is 19.4. The summed E-state index contributed by atoms with van der Waals surface area (Å²) in [4.78, 5) is 16.6. The van der Waals surface area contributed by atoms with Crippen LogP contribution in [0.1, 0.15) is 47.5 Å². The third kappa shape index (κ3) is 6.23. The number of carbonyl (C=O) groups excluding carboxylic acids is 1. The highest BCUT2D eigenvalue weighted by Crippen LogP contribution is 2.19. The van der Waals surface area contributed by atoms with E-state index in [9.17, 15) is 4.79 Å². The molecule has 1 fully saturated rings. The molecule has 4 nitrogen and oxygen atoms in total. The molecule has 1 rings (SSSR count). The van der Waals surface area contributed by atoms with E-state index in [4.69, 9.17) is 5.73 Å². The Morgan fingerprint density at radius 1 is 1.15 bits per heavy atom. The molecule has 0 aromatic rings. The van der Waals surface area contributed by atoms with Crippen LogP contribution in [0, 0.1) is 11.3 Å². The van der Waals surface area contributed by atoms with E-state index in [0.717, 1.165) is 39.1 Å². The Kier molecular flexibility index (Phi) is 6.46. The second-order valence-electron chi connectivity index (χ2n) is 7.71. The van der Waals surface area contributed by atoms with Crippen molar-refractivity contribution in [3.63, 3.8) is 0 Å². The van der Waals surface area contributed by atoms with Gasteiger partial charge in [-0.1, -0.05) is 34.6 Å². The number of hydrogen-bond acceptors (Lipinski definition) is 3. The molecule has 1 heterocycles. The van der Waals surface area contributed by atoms with Crippen molar-refractivity contribution in [3.05, 3.63) is 0 Å². The van der Waals surface area contributed by atoms with Crippen LogP contribution in [0.4, 0.5) is 0 Å². The molecule has 4 heteroatoms. The first kappa shape index (κ1) is 17.4. The summed E-state index contributed by atoms with van der Waals surface area (Å²) < 4.78 is 0. The molecule has 1 atom stereocenters. The van der Waals surface area contributed by atoms with E-state index in [2.05, 4.69) is 39.5 Å². The summed E-state index contributed by atoms with van der Waals surface area (Å²) in [6.07, 6.45) is 1.98. The minimum Gasteiger partial charge on any atom is -0.339 e. The molecule has 0 aromatic heterocycles. The maximum Gasteiger partial charge on any atom is 0.239 e. The second kappa shape index (κ2) is 7.41. The molecule has 1 aliphatic heterocycles. The molecule has 1 aliphatic rings. The van der Waals surface area contributed by atoms with Gasteiger partial charge in [-0.2, -0.15) is 0 Å². The fourth-order valence-corrected chi connectivity index (χ4v) is 2.53. The van der Waals surface area contributed by atoms with E-state index < -0.39 is 0 Å². The van der Waals surface area contributed by atoms with Crippen LogP contribution in [0.5, 0.6) is 0 Å². The maximum absolute atomic E-state index is 12.2. The zero-order chi connectivity index (χ0) is 15.3. The first-order valence-electron chi connectivity index (χ1n) is 7.96. The summed E-state index contributed by atoms with van der Waals surface area (Å²) in [5.41, 5.74) is 6.38. The molecule has 1 saturated heterocycles. The van der Waals surface area contributed by atoms with Crippen molar-refractivity contribution in [2.75, 3.05) is 32.7 Å². The lowest BCUT2D eigenvalue weighted by molar-refractivity contribution is -0.134. The highest BCUT2D eigenvalue weighted by atomic mass is 16.2. The Labute approximate surface area is 124 Å². The van der Waals surface area contributed by atoms with Gasteiger partial charge in [0.25, 0.3) is 0 Å². The molecule has 0 aromatic carbocycles. The standard InChI is InChI=1S/C16H33N3O/c1-13(2)12-14(17)15(20)19-10-8-18(9-11-19)7-6-16(3,4)5/h13-14H,6-12,17H2,1-5H3/t14-/m0/s1. The van der Waals surface area contributed by atoms with Gasteiger partial charge >= 0.3 is 0 Å². The van der Waals surface area contributed by atoms with E-state index >= 15 is 0 Å². The molecular weight excluding hydrogens is 250 g/mol. The van der Waals surface area contributed by atoms with Crippen molar-refractivity contribution in [3.8, 4) is 0 Å². The van der Waals surface area contributed by atoms with Crippen LogP contribution in [-0.4, -0.2) is 54.5 Å². The lowest BCUT2D eigenvalue weighted by Crippen LogP contribution is -2.53. The quantitative estimate of drug-likeness (QED) is 0.839. The molecule has 0 saturated carbocycles. The number of hydrogen-bond donors (Lipinski definition) is 1. The fourth-order valence-electron chi connectivity index (χ4n) is 2.53.